The molecule has 0 aliphatic rings. The fourth-order valence-electron chi connectivity index (χ4n) is 1.94. The standard InChI is InChI=1S/C15H14N4O2/c1-4-13-14(15(20-3)18-19(13)10-9-16)21-12-7-5-11(17-2)6-8-12/h5-8H,4,10H2,1,3H3. The molecule has 0 aliphatic heterocycles. The smallest absolute Gasteiger partial charge is 0.276 e. The quantitative estimate of drug-likeness (QED) is 0.789. The molecular formula is C15H14N4O2. The lowest BCUT2D eigenvalue weighted by Gasteiger charge is -2.07. The van der Waals surface area contributed by atoms with Crippen molar-refractivity contribution in [2.24, 2.45) is 0 Å². The van der Waals surface area contributed by atoms with E-state index in [-0.39, 0.29) is 6.54 Å². The summed E-state index contributed by atoms with van der Waals surface area (Å²) < 4.78 is 12.6. The first-order valence-corrected chi connectivity index (χ1v) is 6.39. The Hall–Kier alpha value is -2.99. The van der Waals surface area contributed by atoms with E-state index >= 15 is 0 Å². The third kappa shape index (κ3) is 2.96. The van der Waals surface area contributed by atoms with Gasteiger partial charge in [-0.25, -0.2) is 9.53 Å². The minimum atomic E-state index is 0.138. The monoisotopic (exact) mass is 282 g/mol. The molecule has 0 spiro atoms. The van der Waals surface area contributed by atoms with E-state index in [0.29, 0.717) is 29.5 Å². The lowest BCUT2D eigenvalue weighted by Crippen LogP contribution is -2.03. The normalized spacial score (nSPS) is 9.71. The number of nitriles is 1. The van der Waals surface area contributed by atoms with Crippen LogP contribution in [0.15, 0.2) is 24.3 Å². The van der Waals surface area contributed by atoms with E-state index in [1.807, 2.05) is 6.92 Å². The van der Waals surface area contributed by atoms with Crippen LogP contribution < -0.4 is 9.47 Å². The molecule has 0 saturated carbocycles. The Labute approximate surface area is 123 Å². The van der Waals surface area contributed by atoms with Gasteiger partial charge in [0.05, 0.1) is 25.4 Å². The zero-order chi connectivity index (χ0) is 15.2. The van der Waals surface area contributed by atoms with Crippen molar-refractivity contribution in [2.75, 3.05) is 7.11 Å². The van der Waals surface area contributed by atoms with Crippen molar-refractivity contribution < 1.29 is 9.47 Å². The van der Waals surface area contributed by atoms with E-state index in [4.69, 9.17) is 21.3 Å². The SMILES string of the molecule is [C-]#[N+]c1ccc(Oc2c(OC)nn(CC#N)c2CC)cc1. The molecule has 0 amide bonds. The van der Waals surface area contributed by atoms with E-state index in [1.54, 1.807) is 28.9 Å². The third-order valence-corrected chi connectivity index (χ3v) is 2.91. The summed E-state index contributed by atoms with van der Waals surface area (Å²) in [5.74, 6) is 1.44. The fourth-order valence-corrected chi connectivity index (χ4v) is 1.94. The lowest BCUT2D eigenvalue weighted by molar-refractivity contribution is 0.364. The third-order valence-electron chi connectivity index (χ3n) is 2.91. The molecule has 2 aromatic rings. The van der Waals surface area contributed by atoms with Gasteiger partial charge < -0.3 is 9.47 Å². The highest BCUT2D eigenvalue weighted by Gasteiger charge is 2.19. The van der Waals surface area contributed by atoms with Crippen molar-refractivity contribution in [2.45, 2.75) is 19.9 Å². The van der Waals surface area contributed by atoms with Crippen molar-refractivity contribution in [1.29, 1.82) is 5.26 Å². The van der Waals surface area contributed by atoms with Gasteiger partial charge in [0.15, 0.2) is 5.69 Å². The molecule has 6 heteroatoms. The summed E-state index contributed by atoms with van der Waals surface area (Å²) in [7, 11) is 1.51. The van der Waals surface area contributed by atoms with E-state index in [0.717, 1.165) is 5.69 Å². The van der Waals surface area contributed by atoms with Gasteiger partial charge >= 0.3 is 0 Å². The maximum Gasteiger partial charge on any atom is 0.276 e. The summed E-state index contributed by atoms with van der Waals surface area (Å²) in [6, 6.07) is 8.85. The highest BCUT2D eigenvalue weighted by atomic mass is 16.5. The van der Waals surface area contributed by atoms with E-state index in [2.05, 4.69) is 16.0 Å². The lowest BCUT2D eigenvalue weighted by atomic mass is 10.3. The predicted molar refractivity (Wildman–Crippen MR) is 76.5 cm³/mol. The summed E-state index contributed by atoms with van der Waals surface area (Å²) in [6.45, 7) is 9.03. The molecule has 1 heterocycles. The molecule has 1 aromatic carbocycles. The van der Waals surface area contributed by atoms with Crippen molar-refractivity contribution in [3.05, 3.63) is 41.4 Å². The molecular weight excluding hydrogens is 268 g/mol. The van der Waals surface area contributed by atoms with Gasteiger partial charge in [0.1, 0.15) is 12.3 Å². The predicted octanol–water partition coefficient (Wildman–Crippen LogP) is 3.32. The summed E-state index contributed by atoms with van der Waals surface area (Å²) in [5, 5.41) is 13.1. The number of methoxy groups -OCH3 is 1. The Morgan fingerprint density at radius 1 is 1.38 bits per heavy atom. The maximum absolute atomic E-state index is 8.84. The first-order chi connectivity index (χ1) is 10.2. The Morgan fingerprint density at radius 3 is 2.62 bits per heavy atom. The molecule has 0 aliphatic carbocycles. The van der Waals surface area contributed by atoms with Crippen LogP contribution in [0.1, 0.15) is 12.6 Å². The highest BCUT2D eigenvalue weighted by Crippen LogP contribution is 2.35. The van der Waals surface area contributed by atoms with Gasteiger partial charge in [-0.15, -0.1) is 5.10 Å². The molecule has 21 heavy (non-hydrogen) atoms. The highest BCUT2D eigenvalue weighted by molar-refractivity contribution is 5.49. The largest absolute Gasteiger partial charge is 0.477 e. The molecule has 0 unspecified atom stereocenters. The van der Waals surface area contributed by atoms with Crippen molar-refractivity contribution in [3.8, 4) is 23.4 Å². The molecule has 0 radical (unpaired) electrons. The minimum absolute atomic E-state index is 0.138. The van der Waals surface area contributed by atoms with Crippen molar-refractivity contribution >= 4 is 5.69 Å². The molecule has 0 saturated heterocycles. The average molecular weight is 282 g/mol. The van der Waals surface area contributed by atoms with Crippen LogP contribution in [0.4, 0.5) is 5.69 Å². The van der Waals surface area contributed by atoms with Gasteiger partial charge in [0.2, 0.25) is 5.75 Å². The van der Waals surface area contributed by atoms with Crippen LogP contribution in [0.2, 0.25) is 0 Å². The van der Waals surface area contributed by atoms with Crippen LogP contribution in [-0.2, 0) is 13.0 Å². The second kappa shape index (κ2) is 6.44. The first-order valence-electron chi connectivity index (χ1n) is 6.39. The summed E-state index contributed by atoms with van der Waals surface area (Å²) >= 11 is 0. The van der Waals surface area contributed by atoms with Gasteiger partial charge in [-0.2, -0.15) is 5.26 Å². The first kappa shape index (κ1) is 14.4. The number of hydrogen-bond acceptors (Lipinski definition) is 4. The van der Waals surface area contributed by atoms with Crippen LogP contribution in [0.25, 0.3) is 4.85 Å². The summed E-state index contributed by atoms with van der Waals surface area (Å²) in [4.78, 5) is 3.33. The maximum atomic E-state index is 8.84. The number of hydrogen-bond donors (Lipinski definition) is 0. The van der Waals surface area contributed by atoms with Gasteiger partial charge in [-0.05, 0) is 18.6 Å². The van der Waals surface area contributed by atoms with Crippen LogP contribution in [0.3, 0.4) is 0 Å². The Morgan fingerprint density at radius 2 is 2.10 bits per heavy atom. The zero-order valence-corrected chi connectivity index (χ0v) is 11.8. The molecule has 106 valence electrons. The van der Waals surface area contributed by atoms with Crippen LogP contribution in [0, 0.1) is 17.9 Å². The molecule has 0 N–H and O–H groups in total. The number of benzene rings is 1. The number of rotatable bonds is 5. The van der Waals surface area contributed by atoms with Crippen LogP contribution in [-0.4, -0.2) is 16.9 Å². The van der Waals surface area contributed by atoms with Gasteiger partial charge in [-0.3, -0.25) is 0 Å². The van der Waals surface area contributed by atoms with E-state index in [9.17, 15) is 0 Å². The number of ether oxygens (including phenoxy) is 2. The molecule has 6 nitrogen and oxygen atoms in total. The molecule has 2 rings (SSSR count). The summed E-state index contributed by atoms with van der Waals surface area (Å²) in [6.07, 6.45) is 0.660. The Kier molecular flexibility index (Phi) is 4.43. The second-order valence-electron chi connectivity index (χ2n) is 4.16. The van der Waals surface area contributed by atoms with Gasteiger partial charge in [-0.1, -0.05) is 19.1 Å². The average Bonchev–Trinajstić information content (AvgIpc) is 2.85. The molecule has 1 aromatic heterocycles. The molecule has 0 fully saturated rings. The molecule has 0 atom stereocenters. The Balaban J connectivity index is 2.37. The zero-order valence-electron chi connectivity index (χ0n) is 11.8. The van der Waals surface area contributed by atoms with Crippen molar-refractivity contribution in [3.63, 3.8) is 0 Å². The van der Waals surface area contributed by atoms with Crippen molar-refractivity contribution in [1.82, 2.24) is 9.78 Å². The molecule has 0 bridgehead atoms. The Bertz CT molecular complexity index is 705. The van der Waals surface area contributed by atoms with Crippen LogP contribution >= 0.6 is 0 Å². The van der Waals surface area contributed by atoms with E-state index < -0.39 is 0 Å². The minimum Gasteiger partial charge on any atom is -0.477 e. The van der Waals surface area contributed by atoms with Gasteiger partial charge in [0.25, 0.3) is 5.88 Å². The van der Waals surface area contributed by atoms with Gasteiger partial charge in [0, 0.05) is 0 Å². The number of nitrogens with zero attached hydrogens (tertiary/aromatic N) is 4. The topological polar surface area (TPSA) is 64.4 Å². The fraction of sp³-hybridized carbons (Fsp3) is 0.267. The number of aromatic nitrogens is 2. The second-order valence-corrected chi connectivity index (χ2v) is 4.16. The van der Waals surface area contributed by atoms with Crippen LogP contribution in [0.5, 0.6) is 17.4 Å². The summed E-state index contributed by atoms with van der Waals surface area (Å²) in [5.41, 5.74) is 1.34. The van der Waals surface area contributed by atoms with E-state index in [1.165, 1.54) is 7.11 Å².